The van der Waals surface area contributed by atoms with Crippen molar-refractivity contribution in [1.29, 1.82) is 0 Å². The number of piperidine rings is 1. The van der Waals surface area contributed by atoms with Gasteiger partial charge >= 0.3 is 0 Å². The molecule has 0 radical (unpaired) electrons. The van der Waals surface area contributed by atoms with E-state index in [4.69, 9.17) is 4.74 Å². The fourth-order valence-corrected chi connectivity index (χ4v) is 4.76. The molecule has 1 heterocycles. The van der Waals surface area contributed by atoms with E-state index in [2.05, 4.69) is 39.5 Å². The molecule has 0 spiro atoms. The lowest BCUT2D eigenvalue weighted by molar-refractivity contribution is -0.0680. The molecule has 130 valence electrons. The second-order valence-corrected chi connectivity index (χ2v) is 8.85. The van der Waals surface area contributed by atoms with Crippen molar-refractivity contribution in [3.05, 3.63) is 0 Å². The van der Waals surface area contributed by atoms with Gasteiger partial charge < -0.3 is 9.84 Å². The molecule has 0 aromatic rings. The first-order chi connectivity index (χ1) is 10.3. The molecule has 3 heteroatoms. The van der Waals surface area contributed by atoms with E-state index in [9.17, 15) is 5.11 Å². The topological polar surface area (TPSA) is 32.7 Å². The monoisotopic (exact) mass is 311 g/mol. The molecule has 1 saturated carbocycles. The lowest BCUT2D eigenvalue weighted by atomic mass is 9.71. The molecule has 22 heavy (non-hydrogen) atoms. The van der Waals surface area contributed by atoms with Crippen LogP contribution < -0.4 is 0 Å². The van der Waals surface area contributed by atoms with Crippen molar-refractivity contribution in [2.24, 2.45) is 11.3 Å². The maximum absolute atomic E-state index is 10.4. The zero-order valence-corrected chi connectivity index (χ0v) is 15.3. The average Bonchev–Trinajstić information content (AvgIpc) is 2.38. The second-order valence-electron chi connectivity index (χ2n) is 8.85. The highest BCUT2D eigenvalue weighted by Gasteiger charge is 2.33. The van der Waals surface area contributed by atoms with Crippen LogP contribution in [-0.2, 0) is 4.74 Å². The Labute approximate surface area is 137 Å². The number of rotatable bonds is 5. The van der Waals surface area contributed by atoms with Crippen molar-refractivity contribution in [2.45, 2.75) is 97.4 Å². The largest absolute Gasteiger partial charge is 0.389 e. The third-order valence-corrected chi connectivity index (χ3v) is 5.67. The van der Waals surface area contributed by atoms with E-state index in [1.807, 2.05) is 0 Å². The summed E-state index contributed by atoms with van der Waals surface area (Å²) in [6, 6.07) is 1.18. The molecule has 5 atom stereocenters. The minimum Gasteiger partial charge on any atom is -0.389 e. The van der Waals surface area contributed by atoms with Gasteiger partial charge in [-0.05, 0) is 57.3 Å². The summed E-state index contributed by atoms with van der Waals surface area (Å²) in [6.45, 7) is 12.8. The van der Waals surface area contributed by atoms with E-state index in [0.29, 0.717) is 30.2 Å². The number of nitrogens with zero attached hydrogens (tertiary/aromatic N) is 1. The first-order valence-electron chi connectivity index (χ1n) is 9.32. The van der Waals surface area contributed by atoms with Crippen LogP contribution in [0.4, 0.5) is 0 Å². The van der Waals surface area contributed by atoms with E-state index >= 15 is 0 Å². The molecule has 0 amide bonds. The Hall–Kier alpha value is -0.120. The van der Waals surface area contributed by atoms with Crippen molar-refractivity contribution >= 4 is 0 Å². The summed E-state index contributed by atoms with van der Waals surface area (Å²) < 4.78 is 6.09. The van der Waals surface area contributed by atoms with E-state index in [0.717, 1.165) is 25.3 Å². The lowest BCUT2D eigenvalue weighted by Gasteiger charge is -2.41. The summed E-state index contributed by atoms with van der Waals surface area (Å²) in [5.74, 6) is 0.730. The van der Waals surface area contributed by atoms with Gasteiger partial charge in [-0.1, -0.05) is 27.2 Å². The van der Waals surface area contributed by atoms with Gasteiger partial charge in [0, 0.05) is 18.6 Å². The number of aliphatic hydroxyl groups excluding tert-OH is 1. The van der Waals surface area contributed by atoms with E-state index in [-0.39, 0.29) is 6.10 Å². The normalized spacial score (nSPS) is 37.9. The van der Waals surface area contributed by atoms with Gasteiger partial charge in [0.25, 0.3) is 0 Å². The van der Waals surface area contributed by atoms with Crippen LogP contribution in [0.2, 0.25) is 0 Å². The molecule has 3 nitrogen and oxygen atoms in total. The molecule has 0 aromatic heterocycles. The Morgan fingerprint density at radius 2 is 1.77 bits per heavy atom. The van der Waals surface area contributed by atoms with Gasteiger partial charge in [0.1, 0.15) is 0 Å². The molecule has 1 N–H and O–H groups in total. The summed E-state index contributed by atoms with van der Waals surface area (Å²) in [5, 5.41) is 10.4. The predicted octanol–water partition coefficient (Wildman–Crippen LogP) is 3.84. The highest BCUT2D eigenvalue weighted by atomic mass is 16.5. The minimum atomic E-state index is -0.358. The molecule has 2 fully saturated rings. The molecular weight excluding hydrogens is 274 g/mol. The second kappa shape index (κ2) is 7.63. The molecule has 2 rings (SSSR count). The van der Waals surface area contributed by atoms with Crippen molar-refractivity contribution in [3.63, 3.8) is 0 Å². The number of hydrogen-bond acceptors (Lipinski definition) is 3. The fourth-order valence-electron chi connectivity index (χ4n) is 4.76. The highest BCUT2D eigenvalue weighted by molar-refractivity contribution is 4.84. The molecule has 0 bridgehead atoms. The smallest absolute Gasteiger partial charge is 0.0900 e. The highest BCUT2D eigenvalue weighted by Crippen LogP contribution is 2.39. The van der Waals surface area contributed by atoms with E-state index in [1.54, 1.807) is 0 Å². The molecule has 0 unspecified atom stereocenters. The molecule has 1 aliphatic carbocycles. The number of hydrogen-bond donors (Lipinski definition) is 1. The summed E-state index contributed by atoms with van der Waals surface area (Å²) in [5.41, 5.74) is 0.378. The molecule has 1 aliphatic heterocycles. The van der Waals surface area contributed by atoms with Gasteiger partial charge in [0.15, 0.2) is 0 Å². The van der Waals surface area contributed by atoms with Gasteiger partial charge in [-0.3, -0.25) is 4.90 Å². The van der Waals surface area contributed by atoms with Gasteiger partial charge in [-0.25, -0.2) is 0 Å². The van der Waals surface area contributed by atoms with Crippen molar-refractivity contribution < 1.29 is 9.84 Å². The van der Waals surface area contributed by atoms with Crippen molar-refractivity contribution in [3.8, 4) is 0 Å². The van der Waals surface area contributed by atoms with E-state index < -0.39 is 0 Å². The number of β-amino-alcohol motifs (C(OH)–C–C–N with tert-alkyl or cyclic N) is 1. The lowest BCUT2D eigenvalue weighted by Crippen LogP contribution is -2.48. The molecular formula is C19H37NO2. The zero-order chi connectivity index (χ0) is 16.3. The van der Waals surface area contributed by atoms with E-state index in [1.165, 1.54) is 25.7 Å². The maximum atomic E-state index is 10.4. The van der Waals surface area contributed by atoms with Crippen LogP contribution in [0.25, 0.3) is 0 Å². The van der Waals surface area contributed by atoms with Crippen LogP contribution in [0.15, 0.2) is 0 Å². The maximum Gasteiger partial charge on any atom is 0.0900 e. The van der Waals surface area contributed by atoms with Crippen molar-refractivity contribution in [2.75, 3.05) is 13.2 Å². The zero-order valence-electron chi connectivity index (χ0n) is 15.3. The van der Waals surface area contributed by atoms with Crippen LogP contribution >= 0.6 is 0 Å². The van der Waals surface area contributed by atoms with Crippen LogP contribution in [0.5, 0.6) is 0 Å². The van der Waals surface area contributed by atoms with Crippen molar-refractivity contribution in [1.82, 2.24) is 4.90 Å². The first-order valence-corrected chi connectivity index (χ1v) is 9.32. The molecule has 0 aromatic carbocycles. The van der Waals surface area contributed by atoms with Gasteiger partial charge in [-0.2, -0.15) is 0 Å². The number of aliphatic hydroxyl groups is 1. The Morgan fingerprint density at radius 1 is 1.14 bits per heavy atom. The SMILES string of the molecule is C[C@H]1C[C@@H](OC[C@@H](O)CN2[C@H](C)CCC[C@@H]2C)CC(C)(C)C1. The fraction of sp³-hybridized carbons (Fsp3) is 1.00. The van der Waals surface area contributed by atoms with Gasteiger partial charge in [0.05, 0.1) is 18.8 Å². The van der Waals surface area contributed by atoms with Crippen LogP contribution in [0.3, 0.4) is 0 Å². The quantitative estimate of drug-likeness (QED) is 0.837. The Bertz CT molecular complexity index is 334. The number of likely N-dealkylation sites (tertiary alicyclic amines) is 1. The minimum absolute atomic E-state index is 0.324. The van der Waals surface area contributed by atoms with Crippen LogP contribution in [0, 0.1) is 11.3 Å². The third-order valence-electron chi connectivity index (χ3n) is 5.67. The molecule has 2 aliphatic rings. The Kier molecular flexibility index (Phi) is 6.32. The van der Waals surface area contributed by atoms with Gasteiger partial charge in [-0.15, -0.1) is 0 Å². The summed E-state index contributed by atoms with van der Waals surface area (Å²) in [7, 11) is 0. The predicted molar refractivity (Wildman–Crippen MR) is 92.0 cm³/mol. The molecule has 1 saturated heterocycles. The Morgan fingerprint density at radius 3 is 2.36 bits per heavy atom. The van der Waals surface area contributed by atoms with Crippen LogP contribution in [-0.4, -0.2) is 47.4 Å². The van der Waals surface area contributed by atoms with Gasteiger partial charge in [0.2, 0.25) is 0 Å². The summed E-state index contributed by atoms with van der Waals surface area (Å²) in [6.07, 6.45) is 7.36. The van der Waals surface area contributed by atoms with Crippen LogP contribution in [0.1, 0.15) is 73.1 Å². The standard InChI is InChI=1S/C19H37NO2/c1-14-9-18(11-19(4,5)10-14)22-13-17(21)12-20-15(2)7-6-8-16(20)3/h14-18,21H,6-13H2,1-5H3/t14-,15-,16+,17-,18+/m0/s1. The summed E-state index contributed by atoms with van der Waals surface area (Å²) >= 11 is 0. The summed E-state index contributed by atoms with van der Waals surface area (Å²) in [4.78, 5) is 2.46. The first kappa shape index (κ1) is 18.2. The average molecular weight is 312 g/mol. The Balaban J connectivity index is 1.76. The number of ether oxygens (including phenoxy) is 1. The third kappa shape index (κ3) is 5.21.